The van der Waals surface area contributed by atoms with E-state index in [-0.39, 0.29) is 10.6 Å². The summed E-state index contributed by atoms with van der Waals surface area (Å²) < 4.78 is 34.7. The molecule has 4 aromatic rings. The Bertz CT molecular complexity index is 1590. The number of fused-ring (bicyclic) bond motifs is 1. The number of hydrogen-bond acceptors (Lipinski definition) is 5. The highest BCUT2D eigenvalue weighted by Crippen LogP contribution is 2.33. The number of rotatable bonds is 7. The van der Waals surface area contributed by atoms with E-state index in [4.69, 9.17) is 4.74 Å². The molecule has 1 aromatic heterocycles. The molecule has 8 nitrogen and oxygen atoms in total. The maximum absolute atomic E-state index is 13.6. The highest BCUT2D eigenvalue weighted by Gasteiger charge is 2.25. The molecule has 0 unspecified atom stereocenters. The van der Waals surface area contributed by atoms with Crippen LogP contribution in [0.1, 0.15) is 18.9 Å². The van der Waals surface area contributed by atoms with E-state index in [0.29, 0.717) is 28.8 Å². The Balaban J connectivity index is 1.84. The van der Waals surface area contributed by atoms with E-state index >= 15 is 0 Å². The van der Waals surface area contributed by atoms with Crippen molar-refractivity contribution in [3.8, 4) is 11.4 Å². The Morgan fingerprint density at radius 3 is 2.47 bits per heavy atom. The van der Waals surface area contributed by atoms with Crippen molar-refractivity contribution in [2.24, 2.45) is 0 Å². The van der Waals surface area contributed by atoms with Gasteiger partial charge in [0.25, 0.3) is 15.6 Å². The van der Waals surface area contributed by atoms with Crippen molar-refractivity contribution in [3.05, 3.63) is 93.1 Å². The summed E-state index contributed by atoms with van der Waals surface area (Å²) in [5.74, 6) is 0.615. The van der Waals surface area contributed by atoms with E-state index in [0.717, 1.165) is 16.6 Å². The van der Waals surface area contributed by atoms with Gasteiger partial charge in [0.1, 0.15) is 5.75 Å². The SMILES string of the molecule is CCCc1c(OC)cccc1N(C)S(=O)(=O)c1cccc(-n2c(=O)[nH]c3ccccc3c2=O)c1. The van der Waals surface area contributed by atoms with Gasteiger partial charge in [-0.3, -0.25) is 9.10 Å². The van der Waals surface area contributed by atoms with Gasteiger partial charge < -0.3 is 9.72 Å². The zero-order valence-corrected chi connectivity index (χ0v) is 19.9. The molecule has 0 saturated heterocycles. The quantitative estimate of drug-likeness (QED) is 0.437. The van der Waals surface area contributed by atoms with Crippen LogP contribution in [-0.2, 0) is 16.4 Å². The molecule has 0 spiro atoms. The molecular formula is C25H25N3O5S. The van der Waals surface area contributed by atoms with Crippen LogP contribution in [0, 0.1) is 0 Å². The van der Waals surface area contributed by atoms with Gasteiger partial charge in [0.15, 0.2) is 0 Å². The number of methoxy groups -OCH3 is 1. The molecule has 4 rings (SSSR count). The van der Waals surface area contributed by atoms with Crippen molar-refractivity contribution < 1.29 is 13.2 Å². The lowest BCUT2D eigenvalue weighted by atomic mass is 10.1. The number of para-hydroxylation sites is 1. The Hall–Kier alpha value is -3.85. The van der Waals surface area contributed by atoms with E-state index in [1.54, 1.807) is 49.6 Å². The summed E-state index contributed by atoms with van der Waals surface area (Å²) in [5.41, 5.74) is 0.693. The van der Waals surface area contributed by atoms with Crippen LogP contribution in [0.5, 0.6) is 5.75 Å². The lowest BCUT2D eigenvalue weighted by Crippen LogP contribution is -2.34. The number of nitrogens with one attached hydrogen (secondary N) is 1. The second kappa shape index (κ2) is 9.18. The zero-order valence-electron chi connectivity index (χ0n) is 19.1. The van der Waals surface area contributed by atoms with Crippen molar-refractivity contribution >= 4 is 26.6 Å². The fraction of sp³-hybridized carbons (Fsp3) is 0.200. The van der Waals surface area contributed by atoms with Crippen molar-refractivity contribution in [2.45, 2.75) is 24.7 Å². The first-order valence-electron chi connectivity index (χ1n) is 10.8. The summed E-state index contributed by atoms with van der Waals surface area (Å²) in [6, 6.07) is 17.7. The van der Waals surface area contributed by atoms with Crippen LogP contribution in [0.2, 0.25) is 0 Å². The Morgan fingerprint density at radius 1 is 1.00 bits per heavy atom. The lowest BCUT2D eigenvalue weighted by molar-refractivity contribution is 0.409. The summed E-state index contributed by atoms with van der Waals surface area (Å²) in [6.07, 6.45) is 1.45. The van der Waals surface area contributed by atoms with E-state index < -0.39 is 21.3 Å². The van der Waals surface area contributed by atoms with Crippen LogP contribution in [0.3, 0.4) is 0 Å². The molecule has 0 aliphatic heterocycles. The third-order valence-electron chi connectivity index (χ3n) is 5.71. The average Bonchev–Trinajstić information content (AvgIpc) is 2.84. The molecule has 0 aliphatic rings. The largest absolute Gasteiger partial charge is 0.496 e. The van der Waals surface area contributed by atoms with E-state index in [1.807, 2.05) is 6.92 Å². The van der Waals surface area contributed by atoms with Gasteiger partial charge in [-0.2, -0.15) is 0 Å². The smallest absolute Gasteiger partial charge is 0.333 e. The van der Waals surface area contributed by atoms with Crippen molar-refractivity contribution in [1.29, 1.82) is 0 Å². The number of H-pyrrole nitrogens is 1. The first-order chi connectivity index (χ1) is 16.3. The van der Waals surface area contributed by atoms with Crippen LogP contribution in [-0.4, -0.2) is 32.1 Å². The first-order valence-corrected chi connectivity index (χ1v) is 12.2. The van der Waals surface area contributed by atoms with Gasteiger partial charge in [-0.05, 0) is 48.9 Å². The molecule has 176 valence electrons. The Morgan fingerprint density at radius 2 is 1.74 bits per heavy atom. The Labute approximate surface area is 197 Å². The van der Waals surface area contributed by atoms with Crippen LogP contribution in [0.15, 0.2) is 81.2 Å². The number of ether oxygens (including phenoxy) is 1. The molecular weight excluding hydrogens is 454 g/mol. The fourth-order valence-corrected chi connectivity index (χ4v) is 5.28. The molecule has 34 heavy (non-hydrogen) atoms. The van der Waals surface area contributed by atoms with Gasteiger partial charge in [0.05, 0.1) is 34.3 Å². The van der Waals surface area contributed by atoms with Crippen molar-refractivity contribution in [3.63, 3.8) is 0 Å². The monoisotopic (exact) mass is 479 g/mol. The molecule has 0 atom stereocenters. The second-order valence-electron chi connectivity index (χ2n) is 7.79. The van der Waals surface area contributed by atoms with Crippen LogP contribution in [0.25, 0.3) is 16.6 Å². The number of aromatic nitrogens is 2. The molecule has 9 heteroatoms. The second-order valence-corrected chi connectivity index (χ2v) is 9.76. The summed E-state index contributed by atoms with van der Waals surface area (Å²) in [7, 11) is -0.979. The summed E-state index contributed by atoms with van der Waals surface area (Å²) in [6.45, 7) is 2.01. The van der Waals surface area contributed by atoms with Crippen molar-refractivity contribution in [2.75, 3.05) is 18.5 Å². The fourth-order valence-electron chi connectivity index (χ4n) is 4.01. The third kappa shape index (κ3) is 3.99. The maximum atomic E-state index is 13.6. The summed E-state index contributed by atoms with van der Waals surface area (Å²) >= 11 is 0. The number of hydrogen-bond donors (Lipinski definition) is 1. The zero-order chi connectivity index (χ0) is 24.5. The van der Waals surface area contributed by atoms with Crippen LogP contribution >= 0.6 is 0 Å². The Kier molecular flexibility index (Phi) is 6.30. The highest BCUT2D eigenvalue weighted by atomic mass is 32.2. The topological polar surface area (TPSA) is 101 Å². The van der Waals surface area contributed by atoms with Crippen LogP contribution in [0.4, 0.5) is 5.69 Å². The molecule has 1 N–H and O–H groups in total. The van der Waals surface area contributed by atoms with E-state index in [2.05, 4.69) is 4.98 Å². The summed E-state index contributed by atoms with van der Waals surface area (Å²) in [5, 5.41) is 0.327. The minimum absolute atomic E-state index is 0.0442. The van der Waals surface area contributed by atoms with Crippen LogP contribution < -0.4 is 20.3 Å². The minimum atomic E-state index is -4.01. The standard InChI is InChI=1S/C25H25N3O5S/c1-4-9-20-22(14-8-15-23(20)33-3)27(2)34(31,32)18-11-7-10-17(16-18)28-24(29)19-12-5-6-13-21(19)26-25(28)30/h5-8,10-16H,4,9H2,1-3H3,(H,26,30). The maximum Gasteiger partial charge on any atom is 0.333 e. The summed E-state index contributed by atoms with van der Waals surface area (Å²) in [4.78, 5) is 28.3. The number of benzene rings is 3. The normalized spacial score (nSPS) is 11.5. The molecule has 3 aromatic carbocycles. The molecule has 0 bridgehead atoms. The predicted octanol–water partition coefficient (Wildman–Crippen LogP) is 3.47. The molecule has 0 aliphatic carbocycles. The van der Waals surface area contributed by atoms with Crippen molar-refractivity contribution in [1.82, 2.24) is 9.55 Å². The van der Waals surface area contributed by atoms with Gasteiger partial charge in [-0.15, -0.1) is 0 Å². The predicted molar refractivity (Wildman–Crippen MR) is 133 cm³/mol. The number of anilines is 1. The molecule has 0 amide bonds. The molecule has 1 heterocycles. The van der Waals surface area contributed by atoms with E-state index in [9.17, 15) is 18.0 Å². The van der Waals surface area contributed by atoms with Gasteiger partial charge in [-0.25, -0.2) is 17.8 Å². The minimum Gasteiger partial charge on any atom is -0.496 e. The molecule has 0 fully saturated rings. The third-order valence-corrected chi connectivity index (χ3v) is 7.47. The van der Waals surface area contributed by atoms with E-state index in [1.165, 1.54) is 35.6 Å². The van der Waals surface area contributed by atoms with Gasteiger partial charge in [0, 0.05) is 12.6 Å². The van der Waals surface area contributed by atoms with Gasteiger partial charge >= 0.3 is 5.69 Å². The number of aromatic amines is 1. The molecule has 0 radical (unpaired) electrons. The lowest BCUT2D eigenvalue weighted by Gasteiger charge is -2.24. The number of nitrogens with zero attached hydrogens (tertiary/aromatic N) is 2. The average molecular weight is 480 g/mol. The molecule has 0 saturated carbocycles. The van der Waals surface area contributed by atoms with Gasteiger partial charge in [0.2, 0.25) is 0 Å². The van der Waals surface area contributed by atoms with Gasteiger partial charge in [-0.1, -0.05) is 37.6 Å². The number of sulfonamides is 1. The highest BCUT2D eigenvalue weighted by molar-refractivity contribution is 7.92. The first kappa shape index (κ1) is 23.3.